The number of ether oxygens (including phenoxy) is 1. The van der Waals surface area contributed by atoms with Crippen molar-refractivity contribution in [2.24, 2.45) is 0 Å². The van der Waals surface area contributed by atoms with Crippen molar-refractivity contribution >= 4 is 34.0 Å². The lowest BCUT2D eigenvalue weighted by atomic mass is 9.96. The maximum absolute atomic E-state index is 5.90. The van der Waals surface area contributed by atoms with E-state index in [9.17, 15) is 0 Å². The number of hydrogen-bond donors (Lipinski definition) is 2. The molecular weight excluding hydrogens is 588 g/mol. The molecule has 2 N–H and O–H groups in total. The average Bonchev–Trinajstić information content (AvgIpc) is 2.81. The van der Waals surface area contributed by atoms with Gasteiger partial charge in [0.05, 0.1) is 13.2 Å². The third-order valence-electron chi connectivity index (χ3n) is 7.51. The molecule has 0 aliphatic carbocycles. The molecule has 0 atom stereocenters. The van der Waals surface area contributed by atoms with Gasteiger partial charge in [-0.25, -0.2) is 0 Å². The minimum atomic E-state index is 0. The second-order valence-corrected chi connectivity index (χ2v) is 12.4. The van der Waals surface area contributed by atoms with Gasteiger partial charge in [0.15, 0.2) is 0 Å². The monoisotopic (exact) mass is 656 g/mol. The Hall–Kier alpha value is 0.840. The van der Waals surface area contributed by atoms with E-state index in [4.69, 9.17) is 4.74 Å². The Balaban J connectivity index is -0.00000578. The zero-order valence-electron chi connectivity index (χ0n) is 26.2. The molecule has 0 aliphatic rings. The molecule has 0 spiro atoms. The Morgan fingerprint density at radius 3 is 1.00 bits per heavy atom. The molecule has 0 heterocycles. The van der Waals surface area contributed by atoms with E-state index >= 15 is 0 Å². The first kappa shape index (κ1) is 42.3. The average molecular weight is 659 g/mol. The predicted molar refractivity (Wildman–Crippen MR) is 179 cm³/mol. The predicted octanol–water partition coefficient (Wildman–Crippen LogP) is 10.7. The van der Waals surface area contributed by atoms with Gasteiger partial charge in [-0.2, -0.15) is 0 Å². The second-order valence-electron chi connectivity index (χ2n) is 12.4. The van der Waals surface area contributed by atoms with Gasteiger partial charge in [-0.3, -0.25) is 0 Å². The van der Waals surface area contributed by atoms with Gasteiger partial charge in [0.1, 0.15) is 0 Å². The molecular formula is C32H70Br2N2O. The fourth-order valence-electron chi connectivity index (χ4n) is 4.96. The normalized spacial score (nSPS) is 11.8. The summed E-state index contributed by atoms with van der Waals surface area (Å²) in [6, 6.07) is 0. The standard InChI is InChI=1S/C32H68N2O.2BrH/c1-7-9-11-13-15-17-19-21-23-25-31(3,4)33-27-29-35-30-28-34-32(5,6)26-24-22-20-18-16-14-12-10-8-2;;/h33-34H,7-30H2,1-6H3;2*1H. The van der Waals surface area contributed by atoms with E-state index in [0.717, 1.165) is 26.3 Å². The van der Waals surface area contributed by atoms with Crippen molar-refractivity contribution in [1.29, 1.82) is 0 Å². The van der Waals surface area contributed by atoms with Crippen LogP contribution in [0.3, 0.4) is 0 Å². The second kappa shape index (κ2) is 29.8. The van der Waals surface area contributed by atoms with Crippen molar-refractivity contribution in [3.63, 3.8) is 0 Å². The van der Waals surface area contributed by atoms with E-state index in [-0.39, 0.29) is 45.0 Å². The molecule has 0 saturated heterocycles. The first-order valence-corrected chi connectivity index (χ1v) is 15.9. The third kappa shape index (κ3) is 32.9. The van der Waals surface area contributed by atoms with Crippen molar-refractivity contribution in [1.82, 2.24) is 10.6 Å². The van der Waals surface area contributed by atoms with Crippen LogP contribution >= 0.6 is 34.0 Å². The van der Waals surface area contributed by atoms with Crippen LogP contribution in [0.25, 0.3) is 0 Å². The highest BCUT2D eigenvalue weighted by molar-refractivity contribution is 8.93. The van der Waals surface area contributed by atoms with E-state index in [1.54, 1.807) is 0 Å². The van der Waals surface area contributed by atoms with Crippen LogP contribution in [0.2, 0.25) is 0 Å². The Labute approximate surface area is 255 Å². The Bertz CT molecular complexity index is 395. The number of rotatable bonds is 28. The molecule has 0 unspecified atom stereocenters. The summed E-state index contributed by atoms with van der Waals surface area (Å²) in [5, 5.41) is 7.41. The van der Waals surface area contributed by atoms with E-state index in [1.807, 2.05) is 0 Å². The smallest absolute Gasteiger partial charge is 0.0591 e. The summed E-state index contributed by atoms with van der Waals surface area (Å²) in [6.07, 6.45) is 27.8. The van der Waals surface area contributed by atoms with Crippen LogP contribution in [0, 0.1) is 0 Å². The molecule has 228 valence electrons. The Morgan fingerprint density at radius 1 is 0.432 bits per heavy atom. The molecule has 0 aliphatic heterocycles. The maximum atomic E-state index is 5.90. The van der Waals surface area contributed by atoms with Crippen LogP contribution in [-0.4, -0.2) is 37.4 Å². The van der Waals surface area contributed by atoms with Crippen molar-refractivity contribution in [2.45, 2.75) is 181 Å². The van der Waals surface area contributed by atoms with Crippen molar-refractivity contribution in [3.05, 3.63) is 0 Å². The van der Waals surface area contributed by atoms with Crippen molar-refractivity contribution < 1.29 is 4.74 Å². The van der Waals surface area contributed by atoms with Gasteiger partial charge >= 0.3 is 0 Å². The van der Waals surface area contributed by atoms with Crippen molar-refractivity contribution in [2.75, 3.05) is 26.3 Å². The molecule has 0 bridgehead atoms. The topological polar surface area (TPSA) is 33.3 Å². The van der Waals surface area contributed by atoms with Gasteiger partial charge in [0.25, 0.3) is 0 Å². The number of hydrogen-bond acceptors (Lipinski definition) is 3. The molecule has 0 amide bonds. The molecule has 0 fully saturated rings. The molecule has 0 rings (SSSR count). The number of halogens is 2. The van der Waals surface area contributed by atoms with Gasteiger partial charge in [-0.15, -0.1) is 34.0 Å². The van der Waals surface area contributed by atoms with Gasteiger partial charge < -0.3 is 15.4 Å². The van der Waals surface area contributed by atoms with Crippen LogP contribution in [-0.2, 0) is 4.74 Å². The Kier molecular flexibility index (Phi) is 34.1. The van der Waals surface area contributed by atoms with Gasteiger partial charge in [-0.1, -0.05) is 129 Å². The van der Waals surface area contributed by atoms with E-state index in [2.05, 4.69) is 52.2 Å². The lowest BCUT2D eigenvalue weighted by Gasteiger charge is -2.27. The molecule has 0 aromatic carbocycles. The fourth-order valence-corrected chi connectivity index (χ4v) is 4.96. The summed E-state index contributed by atoms with van der Waals surface area (Å²) in [5.74, 6) is 0. The number of nitrogens with one attached hydrogen (secondary N) is 2. The summed E-state index contributed by atoms with van der Waals surface area (Å²) >= 11 is 0. The zero-order chi connectivity index (χ0) is 26.1. The fraction of sp³-hybridized carbons (Fsp3) is 1.00. The lowest BCUT2D eigenvalue weighted by molar-refractivity contribution is 0.124. The maximum Gasteiger partial charge on any atom is 0.0591 e. The first-order chi connectivity index (χ1) is 16.8. The van der Waals surface area contributed by atoms with E-state index in [1.165, 1.54) is 128 Å². The van der Waals surface area contributed by atoms with Crippen LogP contribution in [0.1, 0.15) is 170 Å². The van der Waals surface area contributed by atoms with Crippen LogP contribution in [0.4, 0.5) is 0 Å². The summed E-state index contributed by atoms with van der Waals surface area (Å²) in [7, 11) is 0. The minimum Gasteiger partial charge on any atom is -0.379 e. The lowest BCUT2D eigenvalue weighted by Crippen LogP contribution is -2.42. The number of unbranched alkanes of at least 4 members (excludes halogenated alkanes) is 16. The summed E-state index contributed by atoms with van der Waals surface area (Å²) in [5.41, 5.74) is 0.445. The minimum absolute atomic E-state index is 0. The van der Waals surface area contributed by atoms with E-state index in [0.29, 0.717) is 0 Å². The summed E-state index contributed by atoms with van der Waals surface area (Å²) in [4.78, 5) is 0. The van der Waals surface area contributed by atoms with Crippen LogP contribution < -0.4 is 10.6 Å². The highest BCUT2D eigenvalue weighted by Gasteiger charge is 2.17. The molecule has 3 nitrogen and oxygen atoms in total. The van der Waals surface area contributed by atoms with Gasteiger partial charge in [0.2, 0.25) is 0 Å². The molecule has 0 aromatic heterocycles. The Morgan fingerprint density at radius 2 is 0.703 bits per heavy atom. The summed E-state index contributed by atoms with van der Waals surface area (Å²) < 4.78 is 5.90. The van der Waals surface area contributed by atoms with Crippen LogP contribution in [0.5, 0.6) is 0 Å². The molecule has 37 heavy (non-hydrogen) atoms. The molecule has 5 heteroatoms. The van der Waals surface area contributed by atoms with Crippen LogP contribution in [0.15, 0.2) is 0 Å². The highest BCUT2D eigenvalue weighted by Crippen LogP contribution is 2.17. The van der Waals surface area contributed by atoms with Gasteiger partial charge in [-0.05, 0) is 40.5 Å². The first-order valence-electron chi connectivity index (χ1n) is 15.9. The van der Waals surface area contributed by atoms with E-state index < -0.39 is 0 Å². The van der Waals surface area contributed by atoms with Gasteiger partial charge in [0, 0.05) is 24.2 Å². The highest BCUT2D eigenvalue weighted by atomic mass is 79.9. The third-order valence-corrected chi connectivity index (χ3v) is 7.51. The zero-order valence-corrected chi connectivity index (χ0v) is 29.6. The quantitative estimate of drug-likeness (QED) is 0.0821. The molecule has 0 radical (unpaired) electrons. The SMILES string of the molecule is Br.Br.CCCCCCCCCCCC(C)(C)NCCOCCNC(C)(C)CCCCCCCCCCC. The molecule has 0 aromatic rings. The largest absolute Gasteiger partial charge is 0.379 e. The molecule has 0 saturated carbocycles. The van der Waals surface area contributed by atoms with Crippen molar-refractivity contribution in [3.8, 4) is 0 Å². The summed E-state index contributed by atoms with van der Waals surface area (Å²) in [6.45, 7) is 17.5.